The van der Waals surface area contributed by atoms with E-state index in [0.717, 1.165) is 0 Å². The summed E-state index contributed by atoms with van der Waals surface area (Å²) in [6, 6.07) is 4.31. The predicted molar refractivity (Wildman–Crippen MR) is 71.8 cm³/mol. The van der Waals surface area contributed by atoms with Gasteiger partial charge in [0.2, 0.25) is 0 Å². The minimum absolute atomic E-state index is 0.0332. The van der Waals surface area contributed by atoms with Gasteiger partial charge in [0.25, 0.3) is 0 Å². The maximum Gasteiger partial charge on any atom is 0.165 e. The molecule has 1 rings (SSSR count). The third kappa shape index (κ3) is 5.14. The first-order valence-corrected chi connectivity index (χ1v) is 6.36. The van der Waals surface area contributed by atoms with E-state index in [1.165, 1.54) is 13.2 Å². The van der Waals surface area contributed by atoms with Crippen molar-refractivity contribution in [1.29, 1.82) is 0 Å². The zero-order valence-corrected chi connectivity index (χ0v) is 11.7. The monoisotopic (exact) mass is 271 g/mol. The highest BCUT2D eigenvalue weighted by Gasteiger charge is 2.12. The van der Waals surface area contributed by atoms with Crippen molar-refractivity contribution in [2.45, 2.75) is 26.0 Å². The topological polar surface area (TPSA) is 53.7 Å². The van der Waals surface area contributed by atoms with Crippen molar-refractivity contribution >= 4 is 0 Å². The molecular formula is C14H22FNO3. The van der Waals surface area contributed by atoms with Gasteiger partial charge in [-0.3, -0.25) is 0 Å². The molecular weight excluding hydrogens is 249 g/mol. The lowest BCUT2D eigenvalue weighted by Crippen LogP contribution is -2.23. The average molecular weight is 271 g/mol. The van der Waals surface area contributed by atoms with Crippen molar-refractivity contribution < 1.29 is 18.6 Å². The number of benzene rings is 1. The second-order valence-corrected chi connectivity index (χ2v) is 4.30. The molecule has 0 saturated heterocycles. The van der Waals surface area contributed by atoms with Crippen molar-refractivity contribution in [2.24, 2.45) is 5.73 Å². The van der Waals surface area contributed by atoms with Crippen LogP contribution in [0.5, 0.6) is 5.75 Å². The van der Waals surface area contributed by atoms with Crippen LogP contribution in [0, 0.1) is 5.82 Å². The van der Waals surface area contributed by atoms with E-state index >= 15 is 0 Å². The Hall–Kier alpha value is -1.17. The zero-order chi connectivity index (χ0) is 14.3. The number of hydrogen-bond donors (Lipinski definition) is 1. The van der Waals surface area contributed by atoms with Gasteiger partial charge in [-0.25, -0.2) is 4.39 Å². The van der Waals surface area contributed by atoms with Crippen molar-refractivity contribution in [3.05, 3.63) is 29.6 Å². The molecule has 2 N–H and O–H groups in total. The number of halogens is 1. The van der Waals surface area contributed by atoms with Gasteiger partial charge in [0, 0.05) is 6.61 Å². The molecule has 0 heterocycles. The molecule has 19 heavy (non-hydrogen) atoms. The molecule has 0 aromatic heterocycles. The van der Waals surface area contributed by atoms with Gasteiger partial charge in [0.15, 0.2) is 11.6 Å². The molecule has 0 spiro atoms. The Balaban J connectivity index is 2.49. The molecule has 108 valence electrons. The Morgan fingerprint density at radius 1 is 1.32 bits per heavy atom. The van der Waals surface area contributed by atoms with Crippen LogP contribution in [-0.4, -0.2) is 33.0 Å². The van der Waals surface area contributed by atoms with Crippen LogP contribution < -0.4 is 10.5 Å². The Labute approximate surface area is 113 Å². The fourth-order valence-electron chi connectivity index (χ4n) is 1.61. The standard InChI is InChI=1S/C14H22FNO3/c1-4-18-8-10(2)19-9-13(16)11-5-6-14(17-3)12(15)7-11/h5-7,10,13H,4,8-9,16H2,1-3H3. The highest BCUT2D eigenvalue weighted by Crippen LogP contribution is 2.21. The molecule has 2 atom stereocenters. The second kappa shape index (κ2) is 8.09. The summed E-state index contributed by atoms with van der Waals surface area (Å²) in [5, 5.41) is 0. The van der Waals surface area contributed by atoms with Gasteiger partial charge in [0.1, 0.15) is 0 Å². The molecule has 0 aliphatic heterocycles. The molecule has 1 aromatic carbocycles. The number of hydrogen-bond acceptors (Lipinski definition) is 4. The van der Waals surface area contributed by atoms with E-state index in [9.17, 15) is 4.39 Å². The molecule has 0 saturated carbocycles. The van der Waals surface area contributed by atoms with E-state index in [-0.39, 0.29) is 17.9 Å². The van der Waals surface area contributed by atoms with Crippen molar-refractivity contribution in [3.63, 3.8) is 0 Å². The molecule has 0 aliphatic carbocycles. The second-order valence-electron chi connectivity index (χ2n) is 4.30. The normalized spacial score (nSPS) is 14.2. The highest BCUT2D eigenvalue weighted by molar-refractivity contribution is 5.30. The Kier molecular flexibility index (Phi) is 6.77. The quantitative estimate of drug-likeness (QED) is 0.788. The molecule has 1 aromatic rings. The summed E-state index contributed by atoms with van der Waals surface area (Å²) >= 11 is 0. The van der Waals surface area contributed by atoms with Gasteiger partial charge >= 0.3 is 0 Å². The Bertz CT molecular complexity index is 387. The third-order valence-corrected chi connectivity index (χ3v) is 2.72. The van der Waals surface area contributed by atoms with Gasteiger partial charge in [-0.15, -0.1) is 0 Å². The maximum atomic E-state index is 13.5. The summed E-state index contributed by atoms with van der Waals surface area (Å²) in [6.45, 7) is 5.35. The summed E-state index contributed by atoms with van der Waals surface area (Å²) in [6.07, 6.45) is -0.0332. The van der Waals surface area contributed by atoms with Gasteiger partial charge in [-0.1, -0.05) is 6.07 Å². The SMILES string of the molecule is CCOCC(C)OCC(N)c1ccc(OC)c(F)c1. The first-order chi connectivity index (χ1) is 9.08. The van der Waals surface area contributed by atoms with Crippen LogP contribution in [0.15, 0.2) is 18.2 Å². The number of methoxy groups -OCH3 is 1. The van der Waals surface area contributed by atoms with Gasteiger partial charge in [-0.2, -0.15) is 0 Å². The Morgan fingerprint density at radius 3 is 2.63 bits per heavy atom. The molecule has 0 fully saturated rings. The van der Waals surface area contributed by atoms with Gasteiger partial charge in [-0.05, 0) is 31.5 Å². The van der Waals surface area contributed by atoms with Gasteiger partial charge in [0.05, 0.1) is 32.5 Å². The zero-order valence-electron chi connectivity index (χ0n) is 11.7. The van der Waals surface area contributed by atoms with Crippen LogP contribution in [0.2, 0.25) is 0 Å². The number of nitrogens with two attached hydrogens (primary N) is 1. The van der Waals surface area contributed by atoms with Crippen LogP contribution >= 0.6 is 0 Å². The van der Waals surface area contributed by atoms with Crippen LogP contribution in [0.4, 0.5) is 4.39 Å². The highest BCUT2D eigenvalue weighted by atomic mass is 19.1. The molecule has 0 aliphatic rings. The predicted octanol–water partition coefficient (Wildman–Crippen LogP) is 2.28. The number of rotatable bonds is 8. The van der Waals surface area contributed by atoms with Crippen LogP contribution in [-0.2, 0) is 9.47 Å². The smallest absolute Gasteiger partial charge is 0.165 e. The summed E-state index contributed by atoms with van der Waals surface area (Å²) in [5.74, 6) is -0.209. The van der Waals surface area contributed by atoms with Gasteiger partial charge < -0.3 is 19.9 Å². The fraction of sp³-hybridized carbons (Fsp3) is 0.571. The molecule has 0 bridgehead atoms. The van der Waals surface area contributed by atoms with Crippen LogP contribution in [0.1, 0.15) is 25.5 Å². The molecule has 2 unspecified atom stereocenters. The number of ether oxygens (including phenoxy) is 3. The summed E-state index contributed by atoms with van der Waals surface area (Å²) < 4.78 is 29.2. The molecule has 0 radical (unpaired) electrons. The van der Waals surface area contributed by atoms with E-state index in [1.54, 1.807) is 12.1 Å². The lowest BCUT2D eigenvalue weighted by Gasteiger charge is -2.17. The first-order valence-electron chi connectivity index (χ1n) is 6.36. The van der Waals surface area contributed by atoms with Crippen molar-refractivity contribution in [3.8, 4) is 5.75 Å². The summed E-state index contributed by atoms with van der Waals surface area (Å²) in [5.41, 5.74) is 6.64. The van der Waals surface area contributed by atoms with E-state index in [1.807, 2.05) is 13.8 Å². The average Bonchev–Trinajstić information content (AvgIpc) is 2.42. The minimum Gasteiger partial charge on any atom is -0.494 e. The molecule has 5 heteroatoms. The van der Waals surface area contributed by atoms with E-state index in [2.05, 4.69) is 0 Å². The van der Waals surface area contributed by atoms with E-state index < -0.39 is 5.82 Å². The summed E-state index contributed by atoms with van der Waals surface area (Å²) in [7, 11) is 1.43. The lowest BCUT2D eigenvalue weighted by molar-refractivity contribution is -0.00837. The lowest BCUT2D eigenvalue weighted by atomic mass is 10.1. The molecule has 4 nitrogen and oxygen atoms in total. The maximum absolute atomic E-state index is 13.5. The third-order valence-electron chi connectivity index (χ3n) is 2.72. The van der Waals surface area contributed by atoms with Crippen LogP contribution in [0.25, 0.3) is 0 Å². The van der Waals surface area contributed by atoms with Crippen molar-refractivity contribution in [1.82, 2.24) is 0 Å². The minimum atomic E-state index is -0.419. The molecule has 0 amide bonds. The van der Waals surface area contributed by atoms with Crippen LogP contribution in [0.3, 0.4) is 0 Å². The fourth-order valence-corrected chi connectivity index (χ4v) is 1.61. The van der Waals surface area contributed by atoms with E-state index in [0.29, 0.717) is 25.4 Å². The largest absolute Gasteiger partial charge is 0.494 e. The van der Waals surface area contributed by atoms with E-state index in [4.69, 9.17) is 19.9 Å². The summed E-state index contributed by atoms with van der Waals surface area (Å²) in [4.78, 5) is 0. The van der Waals surface area contributed by atoms with Crippen molar-refractivity contribution in [2.75, 3.05) is 26.9 Å². The first kappa shape index (κ1) is 15.9. The Morgan fingerprint density at radius 2 is 2.05 bits per heavy atom.